The number of para-hydroxylation sites is 1. The Labute approximate surface area is 139 Å². The van der Waals surface area contributed by atoms with Crippen LogP contribution in [-0.2, 0) is 26.2 Å². The van der Waals surface area contributed by atoms with Crippen LogP contribution in [0.15, 0.2) is 60.7 Å². The van der Waals surface area contributed by atoms with Gasteiger partial charge in [0.15, 0.2) is 0 Å². The number of aromatic nitrogens is 1. The van der Waals surface area contributed by atoms with Crippen molar-refractivity contribution in [3.63, 3.8) is 0 Å². The smallest absolute Gasteiger partial charge is 1.00 e. The van der Waals surface area contributed by atoms with Crippen molar-refractivity contribution in [1.29, 1.82) is 0 Å². The van der Waals surface area contributed by atoms with Crippen LogP contribution in [0.4, 0.5) is 0 Å². The molecule has 0 atom stereocenters. The van der Waals surface area contributed by atoms with Crippen molar-refractivity contribution in [3.05, 3.63) is 73.0 Å². The number of hydrogen-bond donors (Lipinski definition) is 1. The maximum Gasteiger partial charge on any atom is 4.00 e. The molecule has 3 rings (SSSR count). The minimum atomic E-state index is 0. The van der Waals surface area contributed by atoms with Crippen molar-refractivity contribution in [1.82, 2.24) is 4.98 Å². The van der Waals surface area contributed by atoms with Gasteiger partial charge in [0, 0.05) is 0 Å². The first-order valence-electron chi connectivity index (χ1n) is 4.75. The van der Waals surface area contributed by atoms with Gasteiger partial charge in [-0.15, -0.1) is 29.9 Å². The number of nitrogens with one attached hydrogen (secondary N) is 1. The van der Waals surface area contributed by atoms with Gasteiger partial charge in [0.1, 0.15) is 0 Å². The summed E-state index contributed by atoms with van der Waals surface area (Å²) in [6.45, 7) is 3.62. The predicted octanol–water partition coefficient (Wildman–Crippen LogP) is -2.55. The molecule has 0 amide bonds. The number of aromatic amines is 1. The van der Waals surface area contributed by atoms with E-state index in [-0.39, 0.29) is 51.0 Å². The van der Waals surface area contributed by atoms with Crippen LogP contribution >= 0.6 is 0 Å². The van der Waals surface area contributed by atoms with Gasteiger partial charge >= 0.3 is 26.2 Å². The molecule has 1 aliphatic rings. The van der Waals surface area contributed by atoms with Crippen molar-refractivity contribution >= 4 is 10.9 Å². The predicted molar refractivity (Wildman–Crippen MR) is 63.2 cm³/mol. The summed E-state index contributed by atoms with van der Waals surface area (Å²) in [4.78, 5) is 2.99. The first-order valence-corrected chi connectivity index (χ1v) is 4.75. The summed E-state index contributed by atoms with van der Waals surface area (Å²) in [5, 5.41) is 1.22. The van der Waals surface area contributed by atoms with E-state index in [9.17, 15) is 0 Å². The quantitative estimate of drug-likeness (QED) is 0.501. The Morgan fingerprint density at radius 1 is 1.11 bits per heavy atom. The van der Waals surface area contributed by atoms with Gasteiger partial charge in [0.05, 0.1) is 0 Å². The van der Waals surface area contributed by atoms with Gasteiger partial charge in [-0.25, -0.2) is 0 Å². The molecule has 1 aromatic heterocycles. The molecular weight excluding hydrogens is 344 g/mol. The van der Waals surface area contributed by atoms with Gasteiger partial charge in [0.2, 0.25) is 0 Å². The van der Waals surface area contributed by atoms with Gasteiger partial charge in [0.25, 0.3) is 0 Å². The van der Waals surface area contributed by atoms with Crippen molar-refractivity contribution < 1.29 is 51.0 Å². The first kappa shape index (κ1) is 19.8. The van der Waals surface area contributed by atoms with E-state index in [0.29, 0.717) is 0 Å². The molecule has 0 saturated carbocycles. The normalized spacial score (nSPS) is 10.8. The van der Waals surface area contributed by atoms with Crippen molar-refractivity contribution in [2.45, 2.75) is 0 Å². The summed E-state index contributed by atoms with van der Waals surface area (Å²) < 4.78 is 0. The summed E-state index contributed by atoms with van der Waals surface area (Å²) in [7, 11) is 0. The maximum absolute atomic E-state index is 3.62. The number of hydrogen-bond acceptors (Lipinski definition) is 0. The van der Waals surface area contributed by atoms with Crippen LogP contribution in [0, 0.1) is 12.3 Å². The molecule has 1 heterocycles. The monoisotopic (exact) mass is 353 g/mol. The van der Waals surface area contributed by atoms with E-state index in [2.05, 4.69) is 29.9 Å². The van der Waals surface area contributed by atoms with Crippen LogP contribution in [-0.4, -0.2) is 4.98 Å². The fourth-order valence-electron chi connectivity index (χ4n) is 1.30. The third-order valence-corrected chi connectivity index (χ3v) is 2.06. The molecule has 1 N–H and O–H groups in total. The zero-order valence-corrected chi connectivity index (χ0v) is 13.6. The Bertz CT molecular complexity index is 485. The molecule has 0 aliphatic heterocycles. The number of benzene rings is 1. The second-order valence-electron chi connectivity index (χ2n) is 3.20. The van der Waals surface area contributed by atoms with Gasteiger partial charge in [-0.3, -0.25) is 0 Å². The molecular formula is C14H11Cl2NZr. The van der Waals surface area contributed by atoms with E-state index >= 15 is 0 Å². The van der Waals surface area contributed by atoms with Crippen LogP contribution in [0.2, 0.25) is 0 Å². The maximum atomic E-state index is 3.62. The molecule has 0 fully saturated rings. The Morgan fingerprint density at radius 3 is 2.33 bits per heavy atom. The second kappa shape index (κ2) is 10.4. The van der Waals surface area contributed by atoms with Gasteiger partial charge in [-0.2, -0.15) is 41.8 Å². The Morgan fingerprint density at radius 2 is 1.83 bits per heavy atom. The standard InChI is InChI=1S/C8H6N.C6H5.2ClH.Zr/c1-2-4-8-7(3-1)5-6-9-8;1-6-4-2-3-5-6;;;/h1-5,9H;2-4H,1H2;2*1H;/q2*-1;;;+4/p-2. The third-order valence-electron chi connectivity index (χ3n) is 2.06. The van der Waals surface area contributed by atoms with E-state index < -0.39 is 0 Å². The van der Waals surface area contributed by atoms with Crippen molar-refractivity contribution in [2.24, 2.45) is 0 Å². The molecule has 1 aliphatic carbocycles. The Hall–Kier alpha value is -0.557. The molecule has 0 saturated heterocycles. The molecule has 4 heteroatoms. The first-order chi connectivity index (χ1) is 7.36. The van der Waals surface area contributed by atoms with E-state index in [1.165, 1.54) is 5.39 Å². The number of fused-ring (bicyclic) bond motifs is 1. The minimum Gasteiger partial charge on any atom is -1.00 e. The van der Waals surface area contributed by atoms with E-state index in [1.807, 2.05) is 42.5 Å². The Balaban J connectivity index is 0. The average molecular weight is 355 g/mol. The summed E-state index contributed by atoms with van der Waals surface area (Å²) in [6.07, 6.45) is 11.5. The molecule has 0 spiro atoms. The number of H-pyrrole nitrogens is 1. The zero-order chi connectivity index (χ0) is 10.5. The van der Waals surface area contributed by atoms with Crippen LogP contribution in [0.5, 0.6) is 0 Å². The Kier molecular flexibility index (Phi) is 11.4. The average Bonchev–Trinajstić information content (AvgIpc) is 2.88. The number of halogens is 2. The summed E-state index contributed by atoms with van der Waals surface area (Å²) >= 11 is 0. The number of rotatable bonds is 0. The summed E-state index contributed by atoms with van der Waals surface area (Å²) in [5.74, 6) is 0. The van der Waals surface area contributed by atoms with Gasteiger partial charge < -0.3 is 29.8 Å². The minimum absolute atomic E-state index is 0. The molecule has 90 valence electrons. The van der Waals surface area contributed by atoms with E-state index in [1.54, 1.807) is 0 Å². The fraction of sp³-hybridized carbons (Fsp3) is 0. The fourth-order valence-corrected chi connectivity index (χ4v) is 1.30. The number of allylic oxidation sites excluding steroid dienone is 5. The van der Waals surface area contributed by atoms with Crippen LogP contribution < -0.4 is 24.8 Å². The largest absolute Gasteiger partial charge is 4.00 e. The van der Waals surface area contributed by atoms with Crippen molar-refractivity contribution in [2.75, 3.05) is 0 Å². The second-order valence-corrected chi connectivity index (χ2v) is 3.20. The molecule has 1 aromatic carbocycles. The summed E-state index contributed by atoms with van der Waals surface area (Å²) in [5.41, 5.74) is 2.12. The van der Waals surface area contributed by atoms with Gasteiger partial charge in [-0.1, -0.05) is 12.1 Å². The van der Waals surface area contributed by atoms with E-state index in [4.69, 9.17) is 0 Å². The van der Waals surface area contributed by atoms with Crippen LogP contribution in [0.1, 0.15) is 0 Å². The summed E-state index contributed by atoms with van der Waals surface area (Å²) in [6, 6.07) is 10.1. The molecule has 2 aromatic rings. The molecule has 0 radical (unpaired) electrons. The zero-order valence-electron chi connectivity index (χ0n) is 9.58. The molecule has 0 bridgehead atoms. The topological polar surface area (TPSA) is 15.8 Å². The molecule has 0 unspecified atom stereocenters. The van der Waals surface area contributed by atoms with Gasteiger partial charge in [-0.05, 0) is 0 Å². The van der Waals surface area contributed by atoms with Crippen LogP contribution in [0.3, 0.4) is 0 Å². The molecule has 1 nitrogen and oxygen atoms in total. The third kappa shape index (κ3) is 5.86. The SMILES string of the molecule is C=C1[C-]=CC=C1.[Cl-].[Cl-].[Zr+4].[c-]1cc2ccccc2[nH]1. The molecule has 18 heavy (non-hydrogen) atoms. The van der Waals surface area contributed by atoms with E-state index in [0.717, 1.165) is 11.1 Å². The van der Waals surface area contributed by atoms with Crippen molar-refractivity contribution in [3.8, 4) is 0 Å². The van der Waals surface area contributed by atoms with Crippen LogP contribution in [0.25, 0.3) is 10.9 Å².